The van der Waals surface area contributed by atoms with Crippen molar-refractivity contribution in [2.75, 3.05) is 36.0 Å². The van der Waals surface area contributed by atoms with Crippen LogP contribution in [0.5, 0.6) is 0 Å². The zero-order valence-electron chi connectivity index (χ0n) is 10.7. The molecule has 1 aliphatic rings. The van der Waals surface area contributed by atoms with E-state index in [4.69, 9.17) is 0 Å². The van der Waals surface area contributed by atoms with Gasteiger partial charge in [0.15, 0.2) is 0 Å². The van der Waals surface area contributed by atoms with Crippen molar-refractivity contribution < 1.29 is 4.39 Å². The molecule has 1 aliphatic heterocycles. The fraction of sp³-hybridized carbons (Fsp3) is 0.308. The molecule has 2 aromatic rings. The molecule has 0 aliphatic carbocycles. The van der Waals surface area contributed by atoms with Gasteiger partial charge in [0.05, 0.1) is 4.47 Å². The molecule has 0 bridgehead atoms. The fourth-order valence-corrected chi connectivity index (χ4v) is 2.38. The van der Waals surface area contributed by atoms with Gasteiger partial charge in [-0.2, -0.15) is 4.39 Å². The summed E-state index contributed by atoms with van der Waals surface area (Å²) in [6, 6.07) is 4.87. The monoisotopic (exact) mass is 337 g/mol. The summed E-state index contributed by atoms with van der Waals surface area (Å²) >= 11 is 3.32. The van der Waals surface area contributed by atoms with Crippen molar-refractivity contribution in [1.29, 1.82) is 0 Å². The molecule has 7 heteroatoms. The van der Waals surface area contributed by atoms with Gasteiger partial charge < -0.3 is 9.80 Å². The number of halogens is 2. The molecule has 0 spiro atoms. The lowest BCUT2D eigenvalue weighted by molar-refractivity contribution is 0.573. The van der Waals surface area contributed by atoms with E-state index in [1.807, 2.05) is 6.07 Å². The second kappa shape index (κ2) is 5.70. The van der Waals surface area contributed by atoms with E-state index < -0.39 is 5.95 Å². The van der Waals surface area contributed by atoms with Crippen LogP contribution in [0.4, 0.5) is 16.2 Å². The molecule has 3 rings (SSSR count). The predicted molar refractivity (Wildman–Crippen MR) is 78.4 cm³/mol. The molecule has 2 aromatic heterocycles. The first-order valence-corrected chi connectivity index (χ1v) is 7.12. The van der Waals surface area contributed by atoms with Crippen molar-refractivity contribution in [1.82, 2.24) is 15.0 Å². The SMILES string of the molecule is Fc1cccc(N2CCN(c3ncc(Br)cn3)CC2)n1. The van der Waals surface area contributed by atoms with Crippen LogP contribution in [0.2, 0.25) is 0 Å². The molecule has 0 radical (unpaired) electrons. The Morgan fingerprint density at radius 2 is 1.65 bits per heavy atom. The summed E-state index contributed by atoms with van der Waals surface area (Å²) in [5.41, 5.74) is 0. The highest BCUT2D eigenvalue weighted by Crippen LogP contribution is 2.17. The summed E-state index contributed by atoms with van der Waals surface area (Å²) in [5, 5.41) is 0. The molecule has 1 saturated heterocycles. The first-order valence-electron chi connectivity index (χ1n) is 6.32. The maximum Gasteiger partial charge on any atom is 0.225 e. The molecule has 0 amide bonds. The lowest BCUT2D eigenvalue weighted by atomic mass is 10.3. The third-order valence-corrected chi connectivity index (χ3v) is 3.60. The number of nitrogens with zero attached hydrogens (tertiary/aromatic N) is 5. The van der Waals surface area contributed by atoms with E-state index in [9.17, 15) is 4.39 Å². The van der Waals surface area contributed by atoms with E-state index in [0.29, 0.717) is 5.82 Å². The van der Waals surface area contributed by atoms with E-state index >= 15 is 0 Å². The second-order valence-corrected chi connectivity index (χ2v) is 5.41. The molecule has 104 valence electrons. The van der Waals surface area contributed by atoms with Crippen LogP contribution < -0.4 is 9.80 Å². The average Bonchev–Trinajstić information content (AvgIpc) is 2.48. The Kier molecular flexibility index (Phi) is 3.77. The first kappa shape index (κ1) is 13.2. The van der Waals surface area contributed by atoms with Crippen LogP contribution in [0.3, 0.4) is 0 Å². The standard InChI is InChI=1S/C13H13BrFN5/c14-10-8-16-13(17-9-10)20-6-4-19(5-7-20)12-3-1-2-11(15)18-12/h1-3,8-9H,4-7H2. The van der Waals surface area contributed by atoms with Crippen LogP contribution in [-0.4, -0.2) is 41.1 Å². The van der Waals surface area contributed by atoms with Crippen LogP contribution in [0.25, 0.3) is 0 Å². The highest BCUT2D eigenvalue weighted by atomic mass is 79.9. The van der Waals surface area contributed by atoms with Gasteiger partial charge in [0, 0.05) is 38.6 Å². The number of aromatic nitrogens is 3. The Hall–Kier alpha value is -1.76. The van der Waals surface area contributed by atoms with Gasteiger partial charge in [-0.1, -0.05) is 6.07 Å². The van der Waals surface area contributed by atoms with Gasteiger partial charge in [0.1, 0.15) is 5.82 Å². The summed E-state index contributed by atoms with van der Waals surface area (Å²) in [6.45, 7) is 3.13. The van der Waals surface area contributed by atoms with E-state index in [2.05, 4.69) is 40.7 Å². The normalized spacial score (nSPS) is 15.5. The van der Waals surface area contributed by atoms with Crippen LogP contribution in [0.1, 0.15) is 0 Å². The maximum absolute atomic E-state index is 13.1. The molecule has 20 heavy (non-hydrogen) atoms. The van der Waals surface area contributed by atoms with Crippen LogP contribution in [0, 0.1) is 5.95 Å². The smallest absolute Gasteiger partial charge is 0.225 e. The third kappa shape index (κ3) is 2.87. The first-order chi connectivity index (χ1) is 9.72. The Morgan fingerprint density at radius 3 is 2.30 bits per heavy atom. The molecular formula is C13H13BrFN5. The summed E-state index contributed by atoms with van der Waals surface area (Å²) < 4.78 is 14.0. The van der Waals surface area contributed by atoms with Crippen molar-refractivity contribution in [2.45, 2.75) is 0 Å². The number of hydrogen-bond donors (Lipinski definition) is 0. The van der Waals surface area contributed by atoms with Crippen molar-refractivity contribution in [3.8, 4) is 0 Å². The molecule has 0 saturated carbocycles. The van der Waals surface area contributed by atoms with Crippen LogP contribution >= 0.6 is 15.9 Å². The highest BCUT2D eigenvalue weighted by molar-refractivity contribution is 9.10. The lowest BCUT2D eigenvalue weighted by Gasteiger charge is -2.35. The molecule has 0 unspecified atom stereocenters. The van der Waals surface area contributed by atoms with Gasteiger partial charge in [-0.3, -0.25) is 0 Å². The second-order valence-electron chi connectivity index (χ2n) is 4.49. The van der Waals surface area contributed by atoms with E-state index in [-0.39, 0.29) is 0 Å². The molecule has 5 nitrogen and oxygen atoms in total. The number of pyridine rings is 1. The number of anilines is 2. The molecule has 0 N–H and O–H groups in total. The van der Waals surface area contributed by atoms with Crippen molar-refractivity contribution >= 4 is 27.7 Å². The molecule has 1 fully saturated rings. The maximum atomic E-state index is 13.1. The lowest BCUT2D eigenvalue weighted by Crippen LogP contribution is -2.47. The Labute approximate surface area is 124 Å². The summed E-state index contributed by atoms with van der Waals surface area (Å²) in [5.74, 6) is 0.961. The Morgan fingerprint density at radius 1 is 1.00 bits per heavy atom. The fourth-order valence-electron chi connectivity index (χ4n) is 2.18. The van der Waals surface area contributed by atoms with E-state index in [1.54, 1.807) is 18.5 Å². The topological polar surface area (TPSA) is 45.2 Å². The van der Waals surface area contributed by atoms with Crippen LogP contribution in [0.15, 0.2) is 35.1 Å². The number of hydrogen-bond acceptors (Lipinski definition) is 5. The largest absolute Gasteiger partial charge is 0.353 e. The van der Waals surface area contributed by atoms with E-state index in [1.165, 1.54) is 6.07 Å². The zero-order valence-corrected chi connectivity index (χ0v) is 12.3. The Bertz CT molecular complexity index is 584. The van der Waals surface area contributed by atoms with Gasteiger partial charge in [-0.15, -0.1) is 0 Å². The van der Waals surface area contributed by atoms with Gasteiger partial charge in [0.2, 0.25) is 11.9 Å². The van der Waals surface area contributed by atoms with Crippen molar-refractivity contribution in [3.63, 3.8) is 0 Å². The minimum absolute atomic E-state index is 0.443. The number of rotatable bonds is 2. The minimum Gasteiger partial charge on any atom is -0.353 e. The van der Waals surface area contributed by atoms with Crippen LogP contribution in [-0.2, 0) is 0 Å². The summed E-state index contributed by atoms with van der Waals surface area (Å²) in [6.07, 6.45) is 3.48. The summed E-state index contributed by atoms with van der Waals surface area (Å²) in [7, 11) is 0. The van der Waals surface area contributed by atoms with Crippen molar-refractivity contribution in [3.05, 3.63) is 41.0 Å². The molecule has 3 heterocycles. The van der Waals surface area contributed by atoms with Gasteiger partial charge in [0.25, 0.3) is 0 Å². The van der Waals surface area contributed by atoms with Gasteiger partial charge >= 0.3 is 0 Å². The third-order valence-electron chi connectivity index (χ3n) is 3.19. The van der Waals surface area contributed by atoms with Gasteiger partial charge in [-0.05, 0) is 28.1 Å². The predicted octanol–water partition coefficient (Wildman–Crippen LogP) is 2.10. The summed E-state index contributed by atoms with van der Waals surface area (Å²) in [4.78, 5) is 16.7. The Balaban J connectivity index is 1.66. The average molecular weight is 338 g/mol. The van der Waals surface area contributed by atoms with Gasteiger partial charge in [-0.25, -0.2) is 15.0 Å². The highest BCUT2D eigenvalue weighted by Gasteiger charge is 2.19. The molecular weight excluding hydrogens is 325 g/mol. The molecule has 0 aromatic carbocycles. The minimum atomic E-state index is -0.443. The number of piperazine rings is 1. The molecule has 0 atom stereocenters. The van der Waals surface area contributed by atoms with Crippen molar-refractivity contribution in [2.24, 2.45) is 0 Å². The quantitative estimate of drug-likeness (QED) is 0.785. The van der Waals surface area contributed by atoms with E-state index in [0.717, 1.165) is 36.6 Å². The zero-order chi connectivity index (χ0) is 13.9.